The predicted octanol–water partition coefficient (Wildman–Crippen LogP) is 2.15. The van der Waals surface area contributed by atoms with Gasteiger partial charge < -0.3 is 4.90 Å². The summed E-state index contributed by atoms with van der Waals surface area (Å²) in [7, 11) is 0. The Morgan fingerprint density at radius 3 is 2.26 bits per heavy atom. The van der Waals surface area contributed by atoms with Crippen LogP contribution in [0.2, 0.25) is 0 Å². The van der Waals surface area contributed by atoms with Crippen LogP contribution in [0.1, 0.15) is 44.9 Å². The molecule has 2 saturated heterocycles. The lowest BCUT2D eigenvalue weighted by Gasteiger charge is -2.52. The number of hydrogen-bond acceptors (Lipinski definition) is 3. The van der Waals surface area contributed by atoms with E-state index >= 15 is 0 Å². The van der Waals surface area contributed by atoms with Crippen LogP contribution in [-0.2, 0) is 4.79 Å². The summed E-state index contributed by atoms with van der Waals surface area (Å²) < 4.78 is 0. The number of halogens is 1. The summed E-state index contributed by atoms with van der Waals surface area (Å²) in [5, 5.41) is 2.06. The van der Waals surface area contributed by atoms with Crippen LogP contribution in [0.15, 0.2) is 0 Å². The Balaban J connectivity index is 1.48. The number of nitrogens with zero attached hydrogens (tertiary/aromatic N) is 2. The number of piperidine rings is 2. The molecule has 1 aliphatic carbocycles. The normalized spacial score (nSPS) is 28.4. The second-order valence-electron chi connectivity index (χ2n) is 6.56. The quantitative estimate of drug-likeness (QED) is 0.790. The largest absolute Gasteiger partial charge is 0.342 e. The average Bonchev–Trinajstić information content (AvgIpc) is 2.45. The minimum Gasteiger partial charge on any atom is -0.342 e. The number of hydrazine groups is 1. The zero-order chi connectivity index (χ0) is 13.3. The molecule has 0 aromatic heterocycles. The molecule has 0 aromatic carbocycles. The molecule has 1 spiro atoms. The van der Waals surface area contributed by atoms with Crippen LogP contribution >= 0.6 is 11.8 Å². The highest BCUT2D eigenvalue weighted by molar-refractivity contribution is 6.13. The maximum absolute atomic E-state index is 12.4. The summed E-state index contributed by atoms with van der Waals surface area (Å²) in [6, 6.07) is 0. The first-order valence-corrected chi connectivity index (χ1v) is 8.00. The Morgan fingerprint density at radius 1 is 1.05 bits per heavy atom. The van der Waals surface area contributed by atoms with E-state index in [1.165, 1.54) is 32.1 Å². The molecular formula is C14H24ClN3O. The maximum Gasteiger partial charge on any atom is 0.225 e. The molecule has 4 nitrogen and oxygen atoms in total. The third-order valence-electron chi connectivity index (χ3n) is 5.32. The molecule has 2 aliphatic heterocycles. The van der Waals surface area contributed by atoms with Gasteiger partial charge >= 0.3 is 0 Å². The van der Waals surface area contributed by atoms with E-state index in [1.807, 2.05) is 0 Å². The topological polar surface area (TPSA) is 35.6 Å². The molecule has 5 heteroatoms. The van der Waals surface area contributed by atoms with Gasteiger partial charge in [-0.15, -0.1) is 0 Å². The molecule has 3 aliphatic rings. The molecule has 108 valence electrons. The fourth-order valence-corrected chi connectivity index (χ4v) is 4.18. The highest BCUT2D eigenvalue weighted by Gasteiger charge is 2.49. The van der Waals surface area contributed by atoms with Crippen molar-refractivity contribution in [3.05, 3.63) is 0 Å². The van der Waals surface area contributed by atoms with Gasteiger partial charge in [0.15, 0.2) is 0 Å². The zero-order valence-electron chi connectivity index (χ0n) is 11.5. The van der Waals surface area contributed by atoms with Crippen molar-refractivity contribution in [2.45, 2.75) is 44.9 Å². The van der Waals surface area contributed by atoms with E-state index in [-0.39, 0.29) is 0 Å². The first-order chi connectivity index (χ1) is 9.22. The predicted molar refractivity (Wildman–Crippen MR) is 75.4 cm³/mol. The fraction of sp³-hybridized carbons (Fsp3) is 0.929. The van der Waals surface area contributed by atoms with Crippen molar-refractivity contribution in [1.82, 2.24) is 14.9 Å². The lowest BCUT2D eigenvalue weighted by molar-refractivity contribution is -0.147. The molecule has 0 atom stereocenters. The number of rotatable bonds is 2. The van der Waals surface area contributed by atoms with Crippen molar-refractivity contribution < 1.29 is 4.79 Å². The smallest absolute Gasteiger partial charge is 0.225 e. The van der Waals surface area contributed by atoms with Crippen molar-refractivity contribution in [1.29, 1.82) is 0 Å². The van der Waals surface area contributed by atoms with Crippen LogP contribution in [0.25, 0.3) is 0 Å². The zero-order valence-corrected chi connectivity index (χ0v) is 12.3. The molecule has 0 bridgehead atoms. The van der Waals surface area contributed by atoms with E-state index in [1.54, 1.807) is 0 Å². The number of carbonyl (C=O) groups excluding carboxylic acids is 1. The standard InChI is InChI=1S/C14H24ClN3O/c15-16-18-8-4-14(5-9-18)10-12(11-14)13(19)17-6-2-1-3-7-17/h12,16H,1-11H2. The molecule has 1 amide bonds. The molecule has 0 unspecified atom stereocenters. The number of amides is 1. The van der Waals surface area contributed by atoms with Crippen LogP contribution in [0.3, 0.4) is 0 Å². The summed E-state index contributed by atoms with van der Waals surface area (Å²) in [5.74, 6) is 0.747. The first-order valence-electron chi connectivity index (χ1n) is 7.62. The summed E-state index contributed by atoms with van der Waals surface area (Å²) >= 11 is 5.63. The van der Waals surface area contributed by atoms with Crippen LogP contribution in [0, 0.1) is 11.3 Å². The Hall–Kier alpha value is -0.320. The van der Waals surface area contributed by atoms with Crippen molar-refractivity contribution in [2.75, 3.05) is 26.2 Å². The Kier molecular flexibility index (Phi) is 4.01. The van der Waals surface area contributed by atoms with Crippen molar-refractivity contribution in [3.8, 4) is 0 Å². The second-order valence-corrected chi connectivity index (χ2v) is 6.73. The summed E-state index contributed by atoms with van der Waals surface area (Å²) in [5.41, 5.74) is 0.445. The van der Waals surface area contributed by atoms with E-state index in [2.05, 4.69) is 14.9 Å². The third kappa shape index (κ3) is 2.76. The Morgan fingerprint density at radius 2 is 1.68 bits per heavy atom. The molecule has 0 aromatic rings. The van der Waals surface area contributed by atoms with Gasteiger partial charge in [0.1, 0.15) is 0 Å². The summed E-state index contributed by atoms with van der Waals surface area (Å²) in [6.45, 7) is 4.00. The Bertz CT molecular complexity index is 328. The molecule has 19 heavy (non-hydrogen) atoms. The van der Waals surface area contributed by atoms with Crippen LogP contribution < -0.4 is 4.94 Å². The van der Waals surface area contributed by atoms with Gasteiger partial charge in [-0.05, 0) is 62.1 Å². The lowest BCUT2D eigenvalue weighted by atomic mass is 9.57. The minimum atomic E-state index is 0.314. The van der Waals surface area contributed by atoms with Crippen LogP contribution in [0.4, 0.5) is 0 Å². The van der Waals surface area contributed by atoms with Crippen LogP contribution in [-0.4, -0.2) is 42.0 Å². The number of nitrogens with one attached hydrogen (secondary N) is 1. The average molecular weight is 286 g/mol. The minimum absolute atomic E-state index is 0.314. The van der Waals surface area contributed by atoms with Gasteiger partial charge in [0.25, 0.3) is 0 Å². The van der Waals surface area contributed by atoms with Gasteiger partial charge in [-0.2, -0.15) is 4.94 Å². The summed E-state index contributed by atoms with van der Waals surface area (Å²) in [6.07, 6.45) is 8.25. The number of likely N-dealkylation sites (tertiary alicyclic amines) is 1. The first kappa shape index (κ1) is 13.7. The second kappa shape index (κ2) is 5.58. The van der Waals surface area contributed by atoms with Crippen molar-refractivity contribution in [3.63, 3.8) is 0 Å². The lowest BCUT2D eigenvalue weighted by Crippen LogP contribution is -2.53. The fourth-order valence-electron chi connectivity index (χ4n) is 4.01. The number of carbonyl (C=O) groups is 1. The highest BCUT2D eigenvalue weighted by atomic mass is 35.5. The molecule has 1 saturated carbocycles. The number of hydrogen-bond donors (Lipinski definition) is 1. The highest BCUT2D eigenvalue weighted by Crippen LogP contribution is 2.53. The van der Waals surface area contributed by atoms with Gasteiger partial charge in [-0.1, -0.05) is 0 Å². The molecule has 3 fully saturated rings. The van der Waals surface area contributed by atoms with Gasteiger partial charge in [0.2, 0.25) is 5.91 Å². The van der Waals surface area contributed by atoms with Gasteiger partial charge in [0.05, 0.1) is 0 Å². The Labute approximate surface area is 120 Å². The van der Waals surface area contributed by atoms with E-state index in [9.17, 15) is 4.79 Å². The van der Waals surface area contributed by atoms with Gasteiger partial charge in [-0.25, -0.2) is 5.01 Å². The molecular weight excluding hydrogens is 262 g/mol. The SMILES string of the molecule is O=C(C1CC2(CCN(NCl)CC2)C1)N1CCCCC1. The molecule has 1 N–H and O–H groups in total. The maximum atomic E-state index is 12.4. The third-order valence-corrected chi connectivity index (χ3v) is 5.56. The monoisotopic (exact) mass is 285 g/mol. The van der Waals surface area contributed by atoms with Crippen molar-refractivity contribution in [2.24, 2.45) is 11.3 Å². The van der Waals surface area contributed by atoms with E-state index in [4.69, 9.17) is 11.8 Å². The van der Waals surface area contributed by atoms with E-state index < -0.39 is 0 Å². The van der Waals surface area contributed by atoms with Crippen LogP contribution in [0.5, 0.6) is 0 Å². The van der Waals surface area contributed by atoms with E-state index in [0.717, 1.165) is 39.0 Å². The molecule has 0 radical (unpaired) electrons. The summed E-state index contributed by atoms with van der Waals surface area (Å²) in [4.78, 5) is 17.2. The van der Waals surface area contributed by atoms with Gasteiger partial charge in [0, 0.05) is 32.1 Å². The molecule has 3 rings (SSSR count). The van der Waals surface area contributed by atoms with Crippen molar-refractivity contribution >= 4 is 17.7 Å². The van der Waals surface area contributed by atoms with E-state index in [0.29, 0.717) is 17.2 Å². The van der Waals surface area contributed by atoms with Gasteiger partial charge in [-0.3, -0.25) is 4.79 Å². The molecule has 2 heterocycles.